The van der Waals surface area contributed by atoms with Crippen molar-refractivity contribution >= 4 is 28.4 Å². The minimum atomic E-state index is -0.225. The van der Waals surface area contributed by atoms with E-state index in [1.165, 1.54) is 18.3 Å². The zero-order chi connectivity index (χ0) is 16.2. The molecule has 23 heavy (non-hydrogen) atoms. The van der Waals surface area contributed by atoms with Crippen molar-refractivity contribution in [2.24, 2.45) is 0 Å². The van der Waals surface area contributed by atoms with E-state index in [0.29, 0.717) is 36.3 Å². The summed E-state index contributed by atoms with van der Waals surface area (Å²) in [5.74, 6) is 0.0363. The first kappa shape index (κ1) is 15.3. The van der Waals surface area contributed by atoms with Crippen LogP contribution in [-0.2, 0) is 4.79 Å². The first-order valence-corrected chi connectivity index (χ1v) is 8.01. The molecule has 1 N–H and O–H groups in total. The second kappa shape index (κ2) is 6.69. The van der Waals surface area contributed by atoms with Crippen molar-refractivity contribution in [2.75, 3.05) is 31.5 Å². The van der Waals surface area contributed by atoms with Crippen LogP contribution in [0.3, 0.4) is 0 Å². The van der Waals surface area contributed by atoms with Crippen molar-refractivity contribution in [1.29, 1.82) is 0 Å². The van der Waals surface area contributed by atoms with Gasteiger partial charge in [0.2, 0.25) is 11.0 Å². The van der Waals surface area contributed by atoms with E-state index in [2.05, 4.69) is 20.5 Å². The van der Waals surface area contributed by atoms with Crippen LogP contribution < -0.4 is 5.32 Å². The summed E-state index contributed by atoms with van der Waals surface area (Å²) in [6.07, 6.45) is 1.68. The number of pyridine rings is 1. The van der Waals surface area contributed by atoms with Crippen LogP contribution in [0.5, 0.6) is 0 Å². The molecule has 1 aliphatic rings. The van der Waals surface area contributed by atoms with Crippen LogP contribution in [0.2, 0.25) is 0 Å². The molecule has 1 aliphatic heterocycles. The van der Waals surface area contributed by atoms with E-state index in [9.17, 15) is 9.59 Å². The summed E-state index contributed by atoms with van der Waals surface area (Å²) in [6, 6.07) is 5.31. The van der Waals surface area contributed by atoms with Crippen LogP contribution in [0.4, 0.5) is 9.93 Å². The predicted octanol–water partition coefficient (Wildman–Crippen LogP) is 1.30. The van der Waals surface area contributed by atoms with Gasteiger partial charge in [0, 0.05) is 39.3 Å². The van der Waals surface area contributed by atoms with Gasteiger partial charge in [-0.1, -0.05) is 17.4 Å². The number of hydrogen-bond acceptors (Lipinski definition) is 6. The molecule has 3 heterocycles. The second-order valence-electron chi connectivity index (χ2n) is 5.05. The van der Waals surface area contributed by atoms with E-state index in [1.807, 2.05) is 18.2 Å². The third-order valence-corrected chi connectivity index (χ3v) is 4.40. The molecule has 9 heteroatoms. The van der Waals surface area contributed by atoms with Crippen LogP contribution in [0.15, 0.2) is 24.4 Å². The molecule has 0 radical (unpaired) electrons. The fraction of sp³-hybridized carbons (Fsp3) is 0.357. The Hall–Kier alpha value is -2.55. The Morgan fingerprint density at radius 2 is 1.87 bits per heavy atom. The maximum absolute atomic E-state index is 12.2. The number of anilines is 1. The van der Waals surface area contributed by atoms with Crippen molar-refractivity contribution in [3.63, 3.8) is 0 Å². The van der Waals surface area contributed by atoms with Gasteiger partial charge in [-0.2, -0.15) is 0 Å². The molecular weight excluding hydrogens is 316 g/mol. The fourth-order valence-corrected chi connectivity index (χ4v) is 2.97. The SMILES string of the molecule is CC(=O)N1CCN(C(=O)Nc2nnc(-c3ccccn3)s2)CC1. The number of aromatic nitrogens is 3. The van der Waals surface area contributed by atoms with Crippen LogP contribution in [0, 0.1) is 0 Å². The Morgan fingerprint density at radius 3 is 2.52 bits per heavy atom. The van der Waals surface area contributed by atoms with Gasteiger partial charge >= 0.3 is 6.03 Å². The molecule has 3 amide bonds. The standard InChI is InChI=1S/C14H16N6O2S/c1-10(21)19-6-8-20(9-7-19)14(22)16-13-18-17-12(23-13)11-4-2-3-5-15-11/h2-5H,6-9H2,1H3,(H,16,18,22). The minimum Gasteiger partial charge on any atom is -0.339 e. The number of urea groups is 1. The van der Waals surface area contributed by atoms with Crippen LogP contribution in [0.25, 0.3) is 10.7 Å². The number of piperazine rings is 1. The minimum absolute atomic E-state index is 0.0363. The number of nitrogens with zero attached hydrogens (tertiary/aromatic N) is 5. The monoisotopic (exact) mass is 332 g/mol. The third kappa shape index (κ3) is 3.62. The Bertz CT molecular complexity index is 696. The molecule has 0 atom stereocenters. The lowest BCUT2D eigenvalue weighted by molar-refractivity contribution is -0.130. The number of amides is 3. The average molecular weight is 332 g/mol. The van der Waals surface area contributed by atoms with Gasteiger partial charge < -0.3 is 9.80 Å². The molecule has 0 bridgehead atoms. The summed E-state index contributed by atoms with van der Waals surface area (Å²) >= 11 is 1.28. The van der Waals surface area contributed by atoms with Crippen molar-refractivity contribution in [3.05, 3.63) is 24.4 Å². The molecule has 0 aliphatic carbocycles. The van der Waals surface area contributed by atoms with Crippen molar-refractivity contribution in [3.8, 4) is 10.7 Å². The largest absolute Gasteiger partial charge is 0.339 e. The smallest absolute Gasteiger partial charge is 0.323 e. The molecule has 8 nitrogen and oxygen atoms in total. The Kier molecular flexibility index (Phi) is 4.47. The topological polar surface area (TPSA) is 91.3 Å². The summed E-state index contributed by atoms with van der Waals surface area (Å²) in [4.78, 5) is 31.1. The molecule has 120 valence electrons. The van der Waals surface area contributed by atoms with Gasteiger partial charge in [0.25, 0.3) is 0 Å². The second-order valence-corrected chi connectivity index (χ2v) is 6.03. The predicted molar refractivity (Wildman–Crippen MR) is 86.0 cm³/mol. The van der Waals surface area contributed by atoms with E-state index in [4.69, 9.17) is 0 Å². The quantitative estimate of drug-likeness (QED) is 0.895. The number of rotatable bonds is 2. The highest BCUT2D eigenvalue weighted by molar-refractivity contribution is 7.18. The molecular formula is C14H16N6O2S. The van der Waals surface area contributed by atoms with Gasteiger partial charge in [-0.25, -0.2) is 4.79 Å². The highest BCUT2D eigenvalue weighted by Gasteiger charge is 2.23. The lowest BCUT2D eigenvalue weighted by Gasteiger charge is -2.33. The number of nitrogens with one attached hydrogen (secondary N) is 1. The van der Waals surface area contributed by atoms with E-state index in [0.717, 1.165) is 5.69 Å². The summed E-state index contributed by atoms with van der Waals surface area (Å²) < 4.78 is 0. The van der Waals surface area contributed by atoms with Gasteiger partial charge in [-0.3, -0.25) is 15.1 Å². The first-order chi connectivity index (χ1) is 11.1. The van der Waals surface area contributed by atoms with Gasteiger partial charge in [0.05, 0.1) is 0 Å². The molecule has 0 saturated carbocycles. The van der Waals surface area contributed by atoms with E-state index in [1.54, 1.807) is 16.0 Å². The number of hydrogen-bond donors (Lipinski definition) is 1. The van der Waals surface area contributed by atoms with Crippen molar-refractivity contribution in [1.82, 2.24) is 25.0 Å². The highest BCUT2D eigenvalue weighted by Crippen LogP contribution is 2.24. The maximum atomic E-state index is 12.2. The molecule has 3 rings (SSSR count). The van der Waals surface area contributed by atoms with E-state index in [-0.39, 0.29) is 11.9 Å². The average Bonchev–Trinajstić information content (AvgIpc) is 3.04. The van der Waals surface area contributed by atoms with Crippen LogP contribution in [0.1, 0.15) is 6.92 Å². The molecule has 2 aromatic rings. The summed E-state index contributed by atoms with van der Waals surface area (Å²) in [5.41, 5.74) is 0.723. The molecule has 1 fully saturated rings. The Labute approximate surface area is 137 Å². The molecule has 0 spiro atoms. The summed E-state index contributed by atoms with van der Waals surface area (Å²) in [5, 5.41) is 11.9. The van der Waals surface area contributed by atoms with Crippen LogP contribution in [-0.4, -0.2) is 63.1 Å². The molecule has 0 unspecified atom stereocenters. The summed E-state index contributed by atoms with van der Waals surface area (Å²) in [6.45, 7) is 3.67. The Morgan fingerprint density at radius 1 is 1.13 bits per heavy atom. The van der Waals surface area contributed by atoms with Crippen LogP contribution >= 0.6 is 11.3 Å². The molecule has 0 aromatic carbocycles. The number of carbonyl (C=O) groups is 2. The molecule has 2 aromatic heterocycles. The normalized spacial score (nSPS) is 14.7. The zero-order valence-corrected chi connectivity index (χ0v) is 13.4. The fourth-order valence-electron chi connectivity index (χ4n) is 2.26. The van der Waals surface area contributed by atoms with Crippen molar-refractivity contribution in [2.45, 2.75) is 6.92 Å². The first-order valence-electron chi connectivity index (χ1n) is 7.20. The van der Waals surface area contributed by atoms with Gasteiger partial charge in [-0.05, 0) is 12.1 Å². The lowest BCUT2D eigenvalue weighted by Crippen LogP contribution is -2.51. The van der Waals surface area contributed by atoms with Crippen molar-refractivity contribution < 1.29 is 9.59 Å². The lowest BCUT2D eigenvalue weighted by atomic mass is 10.3. The maximum Gasteiger partial charge on any atom is 0.323 e. The molecule has 1 saturated heterocycles. The number of carbonyl (C=O) groups excluding carboxylic acids is 2. The highest BCUT2D eigenvalue weighted by atomic mass is 32.1. The van der Waals surface area contributed by atoms with Gasteiger partial charge in [-0.15, -0.1) is 10.2 Å². The van der Waals surface area contributed by atoms with E-state index >= 15 is 0 Å². The van der Waals surface area contributed by atoms with Gasteiger partial charge in [0.15, 0.2) is 5.01 Å². The third-order valence-electron chi connectivity index (χ3n) is 3.54. The Balaban J connectivity index is 1.59. The van der Waals surface area contributed by atoms with E-state index < -0.39 is 0 Å². The van der Waals surface area contributed by atoms with Gasteiger partial charge in [0.1, 0.15) is 5.69 Å². The summed E-state index contributed by atoms with van der Waals surface area (Å²) in [7, 11) is 0. The zero-order valence-electron chi connectivity index (χ0n) is 12.6.